The molecule has 1 aliphatic heterocycles. The lowest BCUT2D eigenvalue weighted by molar-refractivity contribution is -0.130. The van der Waals surface area contributed by atoms with Crippen molar-refractivity contribution < 1.29 is 9.59 Å². The Kier molecular flexibility index (Phi) is 7.70. The van der Waals surface area contributed by atoms with Crippen molar-refractivity contribution in [1.82, 2.24) is 29.9 Å². The van der Waals surface area contributed by atoms with Crippen LogP contribution in [0.4, 0.5) is 0 Å². The van der Waals surface area contributed by atoms with E-state index in [9.17, 15) is 9.59 Å². The molecule has 1 aromatic heterocycles. The van der Waals surface area contributed by atoms with Gasteiger partial charge in [-0.15, -0.1) is 10.2 Å². The van der Waals surface area contributed by atoms with Gasteiger partial charge in [0.15, 0.2) is 5.16 Å². The Morgan fingerprint density at radius 1 is 1.28 bits per heavy atom. The summed E-state index contributed by atoms with van der Waals surface area (Å²) in [7, 11) is 0. The van der Waals surface area contributed by atoms with Crippen LogP contribution in [0.1, 0.15) is 33.2 Å². The summed E-state index contributed by atoms with van der Waals surface area (Å²) in [6.07, 6.45) is 2.64. The van der Waals surface area contributed by atoms with Crippen LogP contribution in [0.15, 0.2) is 11.5 Å². The van der Waals surface area contributed by atoms with Crippen molar-refractivity contribution in [1.29, 1.82) is 0 Å². The molecule has 2 heterocycles. The largest absolute Gasteiger partial charge is 0.355 e. The number of thioether (sulfide) groups is 1. The predicted molar refractivity (Wildman–Crippen MR) is 97.5 cm³/mol. The van der Waals surface area contributed by atoms with E-state index in [1.807, 2.05) is 16.4 Å². The van der Waals surface area contributed by atoms with E-state index < -0.39 is 0 Å². The molecule has 0 radical (unpaired) electrons. The van der Waals surface area contributed by atoms with Gasteiger partial charge in [0.1, 0.15) is 6.33 Å². The predicted octanol–water partition coefficient (Wildman–Crippen LogP) is 0.622. The highest BCUT2D eigenvalue weighted by Gasteiger charge is 2.23. The second-order valence-corrected chi connectivity index (χ2v) is 7.35. The fourth-order valence-electron chi connectivity index (χ4n) is 2.59. The van der Waals surface area contributed by atoms with Crippen molar-refractivity contribution in [2.75, 3.05) is 45.0 Å². The number of piperazine rings is 1. The van der Waals surface area contributed by atoms with Gasteiger partial charge in [0, 0.05) is 38.8 Å². The Balaban J connectivity index is 1.72. The summed E-state index contributed by atoms with van der Waals surface area (Å²) in [6, 6.07) is 0.273. The highest BCUT2D eigenvalue weighted by molar-refractivity contribution is 7.99. The fraction of sp³-hybridized carbons (Fsp3) is 0.750. The van der Waals surface area contributed by atoms with Gasteiger partial charge in [0.2, 0.25) is 11.8 Å². The molecule has 0 unspecified atom stereocenters. The second kappa shape index (κ2) is 9.76. The minimum Gasteiger partial charge on any atom is -0.355 e. The van der Waals surface area contributed by atoms with Gasteiger partial charge in [-0.05, 0) is 20.3 Å². The van der Waals surface area contributed by atoms with Crippen LogP contribution >= 0.6 is 11.8 Å². The Morgan fingerprint density at radius 3 is 2.64 bits per heavy atom. The summed E-state index contributed by atoms with van der Waals surface area (Å²) in [4.78, 5) is 28.1. The molecule has 1 N–H and O–H groups in total. The molecule has 8 nitrogen and oxygen atoms in total. The smallest absolute Gasteiger partial charge is 0.234 e. The van der Waals surface area contributed by atoms with Gasteiger partial charge in [0.25, 0.3) is 0 Å². The number of hydrogen-bond acceptors (Lipinski definition) is 6. The van der Waals surface area contributed by atoms with E-state index in [1.165, 1.54) is 11.8 Å². The number of carbonyl (C=O) groups excluding carboxylic acids is 2. The molecule has 2 amide bonds. The van der Waals surface area contributed by atoms with Crippen LogP contribution in [-0.2, 0) is 9.59 Å². The van der Waals surface area contributed by atoms with E-state index in [4.69, 9.17) is 0 Å². The van der Waals surface area contributed by atoms with Gasteiger partial charge < -0.3 is 14.8 Å². The fourth-order valence-corrected chi connectivity index (χ4v) is 3.53. The van der Waals surface area contributed by atoms with Gasteiger partial charge in [-0.1, -0.05) is 18.7 Å². The Bertz CT molecular complexity index is 569. The molecule has 1 aliphatic rings. The molecule has 140 valence electrons. The molecule has 1 saturated heterocycles. The molecule has 0 bridgehead atoms. The maximum atomic E-state index is 12.4. The average Bonchev–Trinajstić information content (AvgIpc) is 3.07. The molecule has 0 aliphatic carbocycles. The van der Waals surface area contributed by atoms with Crippen LogP contribution in [0.25, 0.3) is 0 Å². The molecule has 0 atom stereocenters. The third kappa shape index (κ3) is 6.00. The zero-order valence-electron chi connectivity index (χ0n) is 15.3. The lowest BCUT2D eigenvalue weighted by Crippen LogP contribution is -2.51. The Labute approximate surface area is 153 Å². The van der Waals surface area contributed by atoms with Gasteiger partial charge >= 0.3 is 0 Å². The monoisotopic (exact) mass is 368 g/mol. The van der Waals surface area contributed by atoms with Crippen LogP contribution in [0.3, 0.4) is 0 Å². The minimum absolute atomic E-state index is 0.0604. The quantitative estimate of drug-likeness (QED) is 0.678. The van der Waals surface area contributed by atoms with Crippen molar-refractivity contribution in [2.24, 2.45) is 0 Å². The molecule has 9 heteroatoms. The first-order valence-corrected chi connectivity index (χ1v) is 9.79. The lowest BCUT2D eigenvalue weighted by Gasteiger charge is -2.34. The first-order chi connectivity index (χ1) is 12.0. The van der Waals surface area contributed by atoms with Crippen molar-refractivity contribution in [3.8, 4) is 0 Å². The number of nitrogens with zero attached hydrogens (tertiary/aromatic N) is 5. The second-order valence-electron chi connectivity index (χ2n) is 6.41. The Hall–Kier alpha value is -1.61. The Morgan fingerprint density at radius 2 is 2.00 bits per heavy atom. The third-order valence-electron chi connectivity index (χ3n) is 4.09. The van der Waals surface area contributed by atoms with Crippen molar-refractivity contribution >= 4 is 23.6 Å². The SMILES string of the molecule is CCCNC(=O)CN1CCN(C(=O)CSc2nncn2C(C)C)CC1. The molecular formula is C16H28N6O2S. The van der Waals surface area contributed by atoms with E-state index in [-0.39, 0.29) is 17.9 Å². The topological polar surface area (TPSA) is 83.4 Å². The maximum Gasteiger partial charge on any atom is 0.234 e. The molecule has 0 saturated carbocycles. The van der Waals surface area contributed by atoms with Crippen molar-refractivity contribution in [3.05, 3.63) is 6.33 Å². The maximum absolute atomic E-state index is 12.4. The molecule has 1 fully saturated rings. The number of hydrogen-bond donors (Lipinski definition) is 1. The summed E-state index contributed by atoms with van der Waals surface area (Å²) in [5.74, 6) is 0.533. The van der Waals surface area contributed by atoms with Gasteiger partial charge in [-0.25, -0.2) is 0 Å². The van der Waals surface area contributed by atoms with E-state index in [0.717, 1.165) is 31.2 Å². The molecule has 0 spiro atoms. The van der Waals surface area contributed by atoms with Crippen LogP contribution in [0.5, 0.6) is 0 Å². The van der Waals surface area contributed by atoms with Gasteiger partial charge in [0.05, 0.1) is 12.3 Å². The van der Waals surface area contributed by atoms with Crippen molar-refractivity contribution in [3.63, 3.8) is 0 Å². The van der Waals surface area contributed by atoms with Gasteiger partial charge in [-0.3, -0.25) is 14.5 Å². The summed E-state index contributed by atoms with van der Waals surface area (Å²) in [6.45, 7) is 10.1. The number of aromatic nitrogens is 3. The molecule has 1 aromatic rings. The van der Waals surface area contributed by atoms with E-state index in [2.05, 4.69) is 34.3 Å². The number of rotatable bonds is 8. The van der Waals surface area contributed by atoms with Crippen LogP contribution in [-0.4, -0.2) is 81.4 Å². The van der Waals surface area contributed by atoms with Crippen LogP contribution in [0.2, 0.25) is 0 Å². The summed E-state index contributed by atoms with van der Waals surface area (Å²) in [5.41, 5.74) is 0. The summed E-state index contributed by atoms with van der Waals surface area (Å²) in [5, 5.41) is 11.6. The van der Waals surface area contributed by atoms with Crippen LogP contribution < -0.4 is 5.32 Å². The van der Waals surface area contributed by atoms with Crippen LogP contribution in [0, 0.1) is 0 Å². The number of amides is 2. The standard InChI is InChI=1S/C16H28N6O2S/c1-4-5-17-14(23)10-20-6-8-21(9-7-20)15(24)11-25-16-19-18-12-22(16)13(2)3/h12-13H,4-11H2,1-3H3,(H,17,23). The molecule has 25 heavy (non-hydrogen) atoms. The number of nitrogens with one attached hydrogen (secondary N) is 1. The molecular weight excluding hydrogens is 340 g/mol. The van der Waals surface area contributed by atoms with E-state index in [1.54, 1.807) is 6.33 Å². The molecule has 2 rings (SSSR count). The number of carbonyl (C=O) groups is 2. The van der Waals surface area contributed by atoms with E-state index in [0.29, 0.717) is 25.4 Å². The zero-order chi connectivity index (χ0) is 18.2. The highest BCUT2D eigenvalue weighted by atomic mass is 32.2. The summed E-state index contributed by atoms with van der Waals surface area (Å²) >= 11 is 1.42. The summed E-state index contributed by atoms with van der Waals surface area (Å²) < 4.78 is 1.96. The minimum atomic E-state index is 0.0604. The molecule has 0 aromatic carbocycles. The van der Waals surface area contributed by atoms with E-state index >= 15 is 0 Å². The van der Waals surface area contributed by atoms with Crippen molar-refractivity contribution in [2.45, 2.75) is 38.4 Å². The lowest BCUT2D eigenvalue weighted by atomic mass is 10.3. The third-order valence-corrected chi connectivity index (χ3v) is 5.03. The zero-order valence-corrected chi connectivity index (χ0v) is 16.1. The first kappa shape index (κ1) is 19.7. The van der Waals surface area contributed by atoms with Gasteiger partial charge in [-0.2, -0.15) is 0 Å². The highest BCUT2D eigenvalue weighted by Crippen LogP contribution is 2.19. The average molecular weight is 369 g/mol. The first-order valence-electron chi connectivity index (χ1n) is 8.80. The normalized spacial score (nSPS) is 15.6.